The second-order valence-electron chi connectivity index (χ2n) is 3.51. The van der Waals surface area contributed by atoms with Crippen LogP contribution in [0, 0.1) is 0 Å². The Morgan fingerprint density at radius 2 is 1.88 bits per heavy atom. The molecule has 3 N–H and O–H groups in total. The second-order valence-corrected chi connectivity index (χ2v) is 5.32. The Labute approximate surface area is 107 Å². The predicted octanol–water partition coefficient (Wildman–Crippen LogP) is 3.24. The van der Waals surface area contributed by atoms with E-state index in [1.54, 1.807) is 0 Å². The number of hydrogen-bond donors (Lipinski definition) is 2. The zero-order valence-corrected chi connectivity index (χ0v) is 10.9. The fraction of sp³-hybridized carbons (Fsp3) is 0.167. The number of nitrogens with two attached hydrogens (primary N) is 1. The van der Waals surface area contributed by atoms with Crippen molar-refractivity contribution < 1.29 is 5.11 Å². The highest BCUT2D eigenvalue weighted by Crippen LogP contribution is 2.35. The van der Waals surface area contributed by atoms with Crippen LogP contribution in [0.4, 0.5) is 0 Å². The van der Waals surface area contributed by atoms with E-state index in [-0.39, 0.29) is 0 Å². The molecule has 2 nitrogen and oxygen atoms in total. The van der Waals surface area contributed by atoms with Gasteiger partial charge >= 0.3 is 0 Å². The number of aliphatic hydroxyl groups excluding tert-OH is 1. The summed E-state index contributed by atoms with van der Waals surface area (Å²) in [6.45, 7) is 0. The standard InChI is InChI=1S/C12H12BrNOS/c13-9-6-7-16-12(9)11(15)10(14)8-4-2-1-3-5-8/h1-7,10-11,15H,14H2. The molecule has 0 saturated heterocycles. The van der Waals surface area contributed by atoms with E-state index in [1.165, 1.54) is 11.3 Å². The maximum absolute atomic E-state index is 10.2. The lowest BCUT2D eigenvalue weighted by atomic mass is 10.0. The van der Waals surface area contributed by atoms with Gasteiger partial charge in [0.15, 0.2) is 0 Å². The highest BCUT2D eigenvalue weighted by Gasteiger charge is 2.21. The van der Waals surface area contributed by atoms with Gasteiger partial charge in [0.2, 0.25) is 0 Å². The first kappa shape index (κ1) is 11.8. The van der Waals surface area contributed by atoms with Gasteiger partial charge in [0.05, 0.1) is 6.04 Å². The maximum atomic E-state index is 10.2. The van der Waals surface area contributed by atoms with Crippen molar-refractivity contribution in [2.75, 3.05) is 0 Å². The molecule has 0 fully saturated rings. The van der Waals surface area contributed by atoms with Crippen LogP contribution in [0.25, 0.3) is 0 Å². The van der Waals surface area contributed by atoms with E-state index >= 15 is 0 Å². The van der Waals surface area contributed by atoms with E-state index in [0.29, 0.717) is 0 Å². The van der Waals surface area contributed by atoms with Crippen molar-refractivity contribution in [2.45, 2.75) is 12.1 Å². The van der Waals surface area contributed by atoms with Crippen molar-refractivity contribution in [2.24, 2.45) is 5.73 Å². The molecule has 16 heavy (non-hydrogen) atoms. The average Bonchev–Trinajstić information content (AvgIpc) is 2.75. The van der Waals surface area contributed by atoms with Crippen LogP contribution in [0.2, 0.25) is 0 Å². The summed E-state index contributed by atoms with van der Waals surface area (Å²) >= 11 is 4.91. The zero-order chi connectivity index (χ0) is 11.5. The summed E-state index contributed by atoms with van der Waals surface area (Å²) in [4.78, 5) is 0.872. The van der Waals surface area contributed by atoms with Gasteiger partial charge in [-0.05, 0) is 32.9 Å². The molecule has 0 saturated carbocycles. The van der Waals surface area contributed by atoms with Crippen LogP contribution in [-0.4, -0.2) is 5.11 Å². The minimum absolute atomic E-state index is 0.392. The Kier molecular flexibility index (Phi) is 3.76. The predicted molar refractivity (Wildman–Crippen MR) is 70.3 cm³/mol. The van der Waals surface area contributed by atoms with Gasteiger partial charge in [0, 0.05) is 9.35 Å². The van der Waals surface area contributed by atoms with Gasteiger partial charge in [-0.15, -0.1) is 11.3 Å². The molecule has 0 radical (unpaired) electrons. The molecule has 1 heterocycles. The monoisotopic (exact) mass is 297 g/mol. The molecule has 0 aliphatic heterocycles. The molecule has 2 atom stereocenters. The molecule has 0 aliphatic carbocycles. The van der Waals surface area contributed by atoms with Crippen LogP contribution < -0.4 is 5.73 Å². The normalized spacial score (nSPS) is 14.7. The van der Waals surface area contributed by atoms with E-state index in [0.717, 1.165) is 14.9 Å². The molecule has 0 amide bonds. The highest BCUT2D eigenvalue weighted by molar-refractivity contribution is 9.10. The van der Waals surface area contributed by atoms with Gasteiger partial charge in [0.25, 0.3) is 0 Å². The van der Waals surface area contributed by atoms with Crippen molar-refractivity contribution in [3.8, 4) is 0 Å². The molecule has 84 valence electrons. The van der Waals surface area contributed by atoms with Crippen LogP contribution in [-0.2, 0) is 0 Å². The number of aliphatic hydroxyl groups is 1. The molecule has 2 rings (SSSR count). The Bertz CT molecular complexity index is 457. The third kappa shape index (κ3) is 2.35. The summed E-state index contributed by atoms with van der Waals surface area (Å²) in [7, 11) is 0. The number of hydrogen-bond acceptors (Lipinski definition) is 3. The third-order valence-corrected chi connectivity index (χ3v) is 4.38. The van der Waals surface area contributed by atoms with E-state index in [2.05, 4.69) is 15.9 Å². The van der Waals surface area contributed by atoms with E-state index < -0.39 is 12.1 Å². The molecule has 2 unspecified atom stereocenters. The number of thiophene rings is 1. The summed E-state index contributed by atoms with van der Waals surface area (Å²) < 4.78 is 0.913. The Morgan fingerprint density at radius 3 is 2.44 bits per heavy atom. The van der Waals surface area contributed by atoms with Crippen LogP contribution >= 0.6 is 27.3 Å². The Morgan fingerprint density at radius 1 is 1.19 bits per heavy atom. The van der Waals surface area contributed by atoms with Gasteiger partial charge in [0.1, 0.15) is 6.10 Å². The van der Waals surface area contributed by atoms with Crippen LogP contribution in [0.15, 0.2) is 46.3 Å². The lowest BCUT2D eigenvalue weighted by Crippen LogP contribution is -2.18. The maximum Gasteiger partial charge on any atom is 0.108 e. The van der Waals surface area contributed by atoms with Crippen LogP contribution in [0.3, 0.4) is 0 Å². The summed E-state index contributed by atoms with van der Waals surface area (Å²) in [5.74, 6) is 0. The average molecular weight is 298 g/mol. The molecule has 0 spiro atoms. The van der Waals surface area contributed by atoms with Crippen molar-refractivity contribution in [1.82, 2.24) is 0 Å². The summed E-state index contributed by atoms with van der Waals surface area (Å²) in [6, 6.07) is 11.2. The largest absolute Gasteiger partial charge is 0.386 e. The van der Waals surface area contributed by atoms with Crippen molar-refractivity contribution in [3.63, 3.8) is 0 Å². The smallest absolute Gasteiger partial charge is 0.108 e. The molecule has 1 aromatic carbocycles. The molecular formula is C12H12BrNOS. The summed E-state index contributed by atoms with van der Waals surface area (Å²) in [5, 5.41) is 12.1. The van der Waals surface area contributed by atoms with Gasteiger partial charge in [-0.2, -0.15) is 0 Å². The first-order valence-electron chi connectivity index (χ1n) is 4.91. The third-order valence-electron chi connectivity index (χ3n) is 2.44. The Hall–Kier alpha value is -0.680. The number of benzene rings is 1. The Balaban J connectivity index is 2.23. The molecule has 2 aromatic rings. The van der Waals surface area contributed by atoms with Gasteiger partial charge in [-0.3, -0.25) is 0 Å². The van der Waals surface area contributed by atoms with E-state index in [9.17, 15) is 5.11 Å². The fourth-order valence-electron chi connectivity index (χ4n) is 1.54. The molecule has 0 aliphatic rings. The first-order valence-corrected chi connectivity index (χ1v) is 6.59. The summed E-state index contributed by atoms with van der Waals surface area (Å²) in [5.41, 5.74) is 6.97. The van der Waals surface area contributed by atoms with Crippen molar-refractivity contribution >= 4 is 27.3 Å². The molecular weight excluding hydrogens is 286 g/mol. The quantitative estimate of drug-likeness (QED) is 0.913. The first-order chi connectivity index (χ1) is 7.70. The number of rotatable bonds is 3. The molecule has 1 aromatic heterocycles. The minimum Gasteiger partial charge on any atom is -0.386 e. The highest BCUT2D eigenvalue weighted by atomic mass is 79.9. The topological polar surface area (TPSA) is 46.2 Å². The van der Waals surface area contributed by atoms with Crippen molar-refractivity contribution in [3.05, 3.63) is 56.7 Å². The van der Waals surface area contributed by atoms with Crippen LogP contribution in [0.1, 0.15) is 22.6 Å². The second kappa shape index (κ2) is 5.10. The van der Waals surface area contributed by atoms with Gasteiger partial charge in [-0.25, -0.2) is 0 Å². The molecule has 0 bridgehead atoms. The van der Waals surface area contributed by atoms with Gasteiger partial charge in [-0.1, -0.05) is 30.3 Å². The SMILES string of the molecule is NC(c1ccccc1)C(O)c1sccc1Br. The van der Waals surface area contributed by atoms with E-state index in [4.69, 9.17) is 5.73 Å². The van der Waals surface area contributed by atoms with E-state index in [1.807, 2.05) is 41.8 Å². The van der Waals surface area contributed by atoms with Crippen molar-refractivity contribution in [1.29, 1.82) is 0 Å². The summed E-state index contributed by atoms with van der Waals surface area (Å²) in [6.07, 6.45) is -0.670. The molecule has 4 heteroatoms. The zero-order valence-electron chi connectivity index (χ0n) is 8.51. The van der Waals surface area contributed by atoms with Crippen LogP contribution in [0.5, 0.6) is 0 Å². The lowest BCUT2D eigenvalue weighted by Gasteiger charge is -2.18. The fourth-order valence-corrected chi connectivity index (χ4v) is 3.18. The minimum atomic E-state index is -0.670. The number of halogens is 1. The lowest BCUT2D eigenvalue weighted by molar-refractivity contribution is 0.150. The van der Waals surface area contributed by atoms with Gasteiger partial charge < -0.3 is 10.8 Å².